The van der Waals surface area contributed by atoms with Crippen LogP contribution in [0.25, 0.3) is 0 Å². The van der Waals surface area contributed by atoms with Crippen molar-refractivity contribution in [1.82, 2.24) is 9.78 Å². The van der Waals surface area contributed by atoms with Crippen LogP contribution in [0.4, 0.5) is 11.4 Å². The molecule has 0 saturated carbocycles. The molecular weight excluding hydrogens is 252 g/mol. The number of hydrogen-bond acceptors (Lipinski definition) is 3. The van der Waals surface area contributed by atoms with Crippen LogP contribution in [-0.4, -0.2) is 22.2 Å². The number of anilines is 2. The average molecular weight is 270 g/mol. The molecule has 0 radical (unpaired) electrons. The molecule has 5 heteroatoms. The van der Waals surface area contributed by atoms with Crippen LogP contribution in [0, 0.1) is 0 Å². The van der Waals surface area contributed by atoms with Crippen LogP contribution in [0.1, 0.15) is 28.5 Å². The van der Waals surface area contributed by atoms with Gasteiger partial charge in [0.1, 0.15) is 0 Å². The van der Waals surface area contributed by atoms with Gasteiger partial charge in [0.2, 0.25) is 0 Å². The summed E-state index contributed by atoms with van der Waals surface area (Å²) in [6.07, 6.45) is 3.39. The van der Waals surface area contributed by atoms with Crippen molar-refractivity contribution in [2.45, 2.75) is 19.8 Å². The van der Waals surface area contributed by atoms with Gasteiger partial charge in [0.25, 0.3) is 5.91 Å². The first-order valence-corrected chi connectivity index (χ1v) is 6.83. The molecule has 0 aliphatic carbocycles. The number of fused-ring (bicyclic) bond motifs is 1. The highest BCUT2D eigenvalue weighted by Crippen LogP contribution is 2.34. The molecule has 1 amide bonds. The predicted octanol–water partition coefficient (Wildman–Crippen LogP) is 1.77. The van der Waals surface area contributed by atoms with E-state index in [0.29, 0.717) is 17.8 Å². The standard InChI is InChI=1S/C15H18N4O/c1-3-13-11(9-18(2)17-13)15(20)19-8-7-10-5-4-6-12(16)14(10)19/h4-6,9H,3,7-8,16H2,1-2H3. The van der Waals surface area contributed by atoms with E-state index in [2.05, 4.69) is 5.10 Å². The number of hydrogen-bond donors (Lipinski definition) is 1. The predicted molar refractivity (Wildman–Crippen MR) is 78.8 cm³/mol. The van der Waals surface area contributed by atoms with Gasteiger partial charge in [-0.1, -0.05) is 19.1 Å². The van der Waals surface area contributed by atoms with Crippen LogP contribution < -0.4 is 10.6 Å². The molecular formula is C15H18N4O. The van der Waals surface area contributed by atoms with Crippen LogP contribution in [0.2, 0.25) is 0 Å². The van der Waals surface area contributed by atoms with E-state index >= 15 is 0 Å². The van der Waals surface area contributed by atoms with Gasteiger partial charge in [-0.15, -0.1) is 0 Å². The highest BCUT2D eigenvalue weighted by molar-refractivity contribution is 6.09. The molecule has 0 spiro atoms. The van der Waals surface area contributed by atoms with Gasteiger partial charge in [-0.25, -0.2) is 0 Å². The number of aromatic nitrogens is 2. The van der Waals surface area contributed by atoms with E-state index in [1.807, 2.05) is 32.2 Å². The third kappa shape index (κ3) is 1.86. The topological polar surface area (TPSA) is 64.2 Å². The van der Waals surface area contributed by atoms with Crippen molar-refractivity contribution in [3.63, 3.8) is 0 Å². The molecule has 2 heterocycles. The second-order valence-corrected chi connectivity index (χ2v) is 5.08. The van der Waals surface area contributed by atoms with E-state index in [1.165, 1.54) is 0 Å². The largest absolute Gasteiger partial charge is 0.397 e. The van der Waals surface area contributed by atoms with Gasteiger partial charge >= 0.3 is 0 Å². The lowest BCUT2D eigenvalue weighted by Crippen LogP contribution is -2.30. The fraction of sp³-hybridized carbons (Fsp3) is 0.333. The van der Waals surface area contributed by atoms with E-state index in [1.54, 1.807) is 15.8 Å². The van der Waals surface area contributed by atoms with Crippen LogP contribution in [0.15, 0.2) is 24.4 Å². The van der Waals surface area contributed by atoms with Crippen molar-refractivity contribution < 1.29 is 4.79 Å². The summed E-state index contributed by atoms with van der Waals surface area (Å²) in [5.41, 5.74) is 10.2. The number of nitrogens with zero attached hydrogens (tertiary/aromatic N) is 3. The van der Waals surface area contributed by atoms with E-state index in [0.717, 1.165) is 29.8 Å². The number of nitrogens with two attached hydrogens (primary N) is 1. The van der Waals surface area contributed by atoms with Crippen molar-refractivity contribution in [3.05, 3.63) is 41.2 Å². The molecule has 1 aromatic heterocycles. The summed E-state index contributed by atoms with van der Waals surface area (Å²) < 4.78 is 1.69. The number of rotatable bonds is 2. The number of para-hydroxylation sites is 1. The number of aryl methyl sites for hydroxylation is 2. The Morgan fingerprint density at radius 1 is 1.45 bits per heavy atom. The molecule has 2 N–H and O–H groups in total. The Hall–Kier alpha value is -2.30. The molecule has 3 rings (SSSR count). The number of amides is 1. The van der Waals surface area contributed by atoms with E-state index < -0.39 is 0 Å². The fourth-order valence-electron chi connectivity index (χ4n) is 2.81. The summed E-state index contributed by atoms with van der Waals surface area (Å²) in [6.45, 7) is 2.69. The van der Waals surface area contributed by atoms with Gasteiger partial charge in [-0.05, 0) is 24.5 Å². The summed E-state index contributed by atoms with van der Waals surface area (Å²) in [5, 5.41) is 4.34. The summed E-state index contributed by atoms with van der Waals surface area (Å²) >= 11 is 0. The Labute approximate surface area is 118 Å². The maximum absolute atomic E-state index is 12.8. The molecule has 2 aromatic rings. The van der Waals surface area contributed by atoms with E-state index in [4.69, 9.17) is 5.73 Å². The first-order valence-electron chi connectivity index (χ1n) is 6.83. The third-order valence-corrected chi connectivity index (χ3v) is 3.74. The normalized spacial score (nSPS) is 13.6. The zero-order valence-corrected chi connectivity index (χ0v) is 11.8. The van der Waals surface area contributed by atoms with E-state index in [-0.39, 0.29) is 5.91 Å². The Morgan fingerprint density at radius 3 is 3.00 bits per heavy atom. The molecule has 0 atom stereocenters. The highest BCUT2D eigenvalue weighted by atomic mass is 16.2. The van der Waals surface area contributed by atoms with Crippen molar-refractivity contribution in [3.8, 4) is 0 Å². The zero-order valence-electron chi connectivity index (χ0n) is 11.8. The van der Waals surface area contributed by atoms with E-state index in [9.17, 15) is 4.79 Å². The molecule has 0 unspecified atom stereocenters. The smallest absolute Gasteiger partial charge is 0.261 e. The second-order valence-electron chi connectivity index (χ2n) is 5.08. The number of carbonyl (C=O) groups is 1. The number of benzene rings is 1. The number of carbonyl (C=O) groups excluding carboxylic acids is 1. The molecule has 0 fully saturated rings. The van der Waals surface area contributed by atoms with Crippen LogP contribution in [-0.2, 0) is 19.9 Å². The minimum atomic E-state index is -0.00778. The van der Waals surface area contributed by atoms with Crippen molar-refractivity contribution in [1.29, 1.82) is 0 Å². The van der Waals surface area contributed by atoms with Crippen molar-refractivity contribution >= 4 is 17.3 Å². The zero-order chi connectivity index (χ0) is 14.3. The van der Waals surface area contributed by atoms with Crippen molar-refractivity contribution in [2.75, 3.05) is 17.2 Å². The van der Waals surface area contributed by atoms with Gasteiger partial charge in [0.05, 0.1) is 22.6 Å². The Bertz CT molecular complexity index is 675. The average Bonchev–Trinajstić information content (AvgIpc) is 3.02. The minimum absolute atomic E-state index is 0.00778. The lowest BCUT2D eigenvalue weighted by molar-refractivity contribution is 0.0988. The van der Waals surface area contributed by atoms with Gasteiger partial charge in [0, 0.05) is 19.8 Å². The maximum Gasteiger partial charge on any atom is 0.261 e. The van der Waals surface area contributed by atoms with Gasteiger partial charge in [0.15, 0.2) is 0 Å². The third-order valence-electron chi connectivity index (χ3n) is 3.74. The molecule has 20 heavy (non-hydrogen) atoms. The maximum atomic E-state index is 12.8. The Morgan fingerprint density at radius 2 is 2.25 bits per heavy atom. The molecule has 5 nitrogen and oxygen atoms in total. The molecule has 1 aromatic carbocycles. The monoisotopic (exact) mass is 270 g/mol. The molecule has 0 bridgehead atoms. The van der Waals surface area contributed by atoms with Crippen LogP contribution in [0.3, 0.4) is 0 Å². The quantitative estimate of drug-likeness (QED) is 0.846. The fourth-order valence-corrected chi connectivity index (χ4v) is 2.81. The Kier molecular flexibility index (Phi) is 2.97. The summed E-state index contributed by atoms with van der Waals surface area (Å²) in [7, 11) is 1.84. The van der Waals surface area contributed by atoms with Crippen LogP contribution >= 0.6 is 0 Å². The SMILES string of the molecule is CCc1nn(C)cc1C(=O)N1CCc2cccc(N)c21. The first kappa shape index (κ1) is 12.7. The Balaban J connectivity index is 2.02. The van der Waals surface area contributed by atoms with Crippen molar-refractivity contribution in [2.24, 2.45) is 7.05 Å². The van der Waals surface area contributed by atoms with Gasteiger partial charge in [-0.2, -0.15) is 5.10 Å². The molecule has 0 saturated heterocycles. The molecule has 104 valence electrons. The minimum Gasteiger partial charge on any atom is -0.397 e. The lowest BCUT2D eigenvalue weighted by atomic mass is 10.1. The highest BCUT2D eigenvalue weighted by Gasteiger charge is 2.29. The molecule has 1 aliphatic rings. The molecule has 1 aliphatic heterocycles. The summed E-state index contributed by atoms with van der Waals surface area (Å²) in [4.78, 5) is 14.6. The van der Waals surface area contributed by atoms with Gasteiger partial charge < -0.3 is 10.6 Å². The van der Waals surface area contributed by atoms with Gasteiger partial charge in [-0.3, -0.25) is 9.48 Å². The summed E-state index contributed by atoms with van der Waals surface area (Å²) in [5.74, 6) is -0.00778. The summed E-state index contributed by atoms with van der Waals surface area (Å²) in [6, 6.07) is 5.81. The lowest BCUT2D eigenvalue weighted by Gasteiger charge is -2.18. The first-order chi connectivity index (χ1) is 9.61. The second kappa shape index (κ2) is 4.67. The van der Waals surface area contributed by atoms with Crippen LogP contribution in [0.5, 0.6) is 0 Å². The number of nitrogen functional groups attached to an aromatic ring is 1.